The summed E-state index contributed by atoms with van der Waals surface area (Å²) in [6.07, 6.45) is 3.67. The summed E-state index contributed by atoms with van der Waals surface area (Å²) in [5, 5.41) is 21.7. The minimum Gasteiger partial charge on any atom is -0.495 e. The molecule has 49 heavy (non-hydrogen) atoms. The largest absolute Gasteiger partial charge is 0.495 e. The van der Waals surface area contributed by atoms with Gasteiger partial charge in [0, 0.05) is 41.5 Å². The first-order valence-electron chi connectivity index (χ1n) is 15.1. The number of benzene rings is 4. The summed E-state index contributed by atoms with van der Waals surface area (Å²) in [5.41, 5.74) is 5.82. The summed E-state index contributed by atoms with van der Waals surface area (Å²) in [6, 6.07) is 25.1. The highest BCUT2D eigenvalue weighted by atomic mass is 35.5. The van der Waals surface area contributed by atoms with Gasteiger partial charge in [-0.25, -0.2) is 4.79 Å². The number of likely N-dealkylation sites (N-methyl/N-ethyl adjacent to an activating group) is 1. The summed E-state index contributed by atoms with van der Waals surface area (Å²) in [4.78, 5) is 51.2. The molecule has 0 aliphatic rings. The first-order chi connectivity index (χ1) is 23.4. The number of hydrogen-bond donors (Lipinski definition) is 2. The van der Waals surface area contributed by atoms with Crippen molar-refractivity contribution in [1.82, 2.24) is 4.90 Å². The highest BCUT2D eigenvalue weighted by molar-refractivity contribution is 6.31. The van der Waals surface area contributed by atoms with Crippen LogP contribution < -0.4 is 5.32 Å². The van der Waals surface area contributed by atoms with E-state index in [4.69, 9.17) is 16.3 Å². The van der Waals surface area contributed by atoms with Gasteiger partial charge < -0.3 is 20.1 Å². The molecule has 0 saturated heterocycles. The Bertz CT molecular complexity index is 1990. The van der Waals surface area contributed by atoms with E-state index in [-0.39, 0.29) is 23.5 Å². The van der Waals surface area contributed by atoms with Crippen molar-refractivity contribution in [1.29, 1.82) is 5.26 Å². The minimum absolute atomic E-state index is 0.0809. The average Bonchev–Trinajstić information content (AvgIpc) is 3.08. The lowest BCUT2D eigenvalue weighted by molar-refractivity contribution is -0.120. The number of hydrogen-bond acceptors (Lipinski definition) is 7. The van der Waals surface area contributed by atoms with Crippen molar-refractivity contribution in [3.63, 3.8) is 0 Å². The molecular weight excluding hydrogens is 642 g/mol. The first kappa shape index (κ1) is 35.9. The Hall–Kier alpha value is -5.98. The number of anilines is 1. The molecule has 4 aromatic carbocycles. The van der Waals surface area contributed by atoms with Crippen molar-refractivity contribution in [3.05, 3.63) is 141 Å². The Labute approximate surface area is 289 Å². The number of ether oxygens (including phenoxy) is 1. The van der Waals surface area contributed by atoms with Crippen molar-refractivity contribution < 1.29 is 29.0 Å². The molecule has 0 aromatic heterocycles. The quantitative estimate of drug-likeness (QED) is 0.0494. The number of ketones is 1. The zero-order chi connectivity index (χ0) is 35.7. The standard InChI is InChI=1S/C39H34ClN3O6/c1-24-19-27(22-41)7-15-32(24)28-8-5-26(6-9-28)20-36(38(46)42-31-13-10-29(11-14-31)39(47)48)43(3)23-37(49-4)34(17-18-44)35-21-30(40)12-16-33(35)25(2)45/h5-19,21,23,36H,20H2,1-4H3,(H,42,46)(H,47,48)/b34-17-,37-23+. The van der Waals surface area contributed by atoms with Crippen LogP contribution in [0.5, 0.6) is 0 Å². The average molecular weight is 676 g/mol. The zero-order valence-corrected chi connectivity index (χ0v) is 28.1. The Morgan fingerprint density at radius 3 is 2.27 bits per heavy atom. The van der Waals surface area contributed by atoms with Gasteiger partial charge in [0.15, 0.2) is 5.78 Å². The second kappa shape index (κ2) is 16.2. The second-order valence-electron chi connectivity index (χ2n) is 11.3. The lowest BCUT2D eigenvalue weighted by Crippen LogP contribution is -2.41. The predicted molar refractivity (Wildman–Crippen MR) is 189 cm³/mol. The Kier molecular flexibility index (Phi) is 11.9. The van der Waals surface area contributed by atoms with Crippen LogP contribution in [0, 0.1) is 18.3 Å². The van der Waals surface area contributed by atoms with Crippen LogP contribution in [0.25, 0.3) is 16.7 Å². The number of aldehydes is 1. The van der Waals surface area contributed by atoms with E-state index in [0.717, 1.165) is 22.3 Å². The number of nitriles is 1. The maximum atomic E-state index is 13.9. The Morgan fingerprint density at radius 1 is 1.00 bits per heavy atom. The van der Waals surface area contributed by atoms with E-state index in [1.807, 2.05) is 43.3 Å². The summed E-state index contributed by atoms with van der Waals surface area (Å²) < 4.78 is 5.72. The lowest BCUT2D eigenvalue weighted by Gasteiger charge is -2.28. The number of carboxylic acids is 1. The third-order valence-electron chi connectivity index (χ3n) is 7.94. The number of halogens is 1. The molecule has 0 spiro atoms. The van der Waals surface area contributed by atoms with Gasteiger partial charge in [0.2, 0.25) is 5.91 Å². The van der Waals surface area contributed by atoms with Gasteiger partial charge in [-0.15, -0.1) is 0 Å². The Balaban J connectivity index is 1.72. The Morgan fingerprint density at radius 2 is 1.69 bits per heavy atom. The van der Waals surface area contributed by atoms with Crippen LogP contribution in [0.1, 0.15) is 49.9 Å². The van der Waals surface area contributed by atoms with Gasteiger partial charge in [0.05, 0.1) is 24.3 Å². The van der Waals surface area contributed by atoms with Crippen LogP contribution in [0.2, 0.25) is 5.02 Å². The molecule has 0 radical (unpaired) electrons. The number of rotatable bonds is 13. The third kappa shape index (κ3) is 8.89. The van der Waals surface area contributed by atoms with Gasteiger partial charge in [-0.2, -0.15) is 5.26 Å². The highest BCUT2D eigenvalue weighted by Gasteiger charge is 2.25. The van der Waals surface area contributed by atoms with Crippen LogP contribution >= 0.6 is 11.6 Å². The number of carbonyl (C=O) groups is 4. The van der Waals surface area contributed by atoms with Crippen molar-refractivity contribution in [3.8, 4) is 17.2 Å². The lowest BCUT2D eigenvalue weighted by atomic mass is 9.95. The number of carbonyl (C=O) groups excluding carboxylic acids is 3. The van der Waals surface area contributed by atoms with E-state index in [0.29, 0.717) is 39.3 Å². The molecule has 0 heterocycles. The summed E-state index contributed by atoms with van der Waals surface area (Å²) >= 11 is 6.28. The van der Waals surface area contributed by atoms with E-state index in [2.05, 4.69) is 11.4 Å². The van der Waals surface area contributed by atoms with Gasteiger partial charge in [0.25, 0.3) is 0 Å². The highest BCUT2D eigenvalue weighted by Crippen LogP contribution is 2.31. The molecule has 2 N–H and O–H groups in total. The molecule has 1 unspecified atom stereocenters. The van der Waals surface area contributed by atoms with Gasteiger partial charge in [0.1, 0.15) is 18.1 Å². The topological polar surface area (TPSA) is 137 Å². The number of allylic oxidation sites excluding steroid dienone is 2. The van der Waals surface area contributed by atoms with Crippen molar-refractivity contribution in [2.75, 3.05) is 19.5 Å². The molecule has 10 heteroatoms. The van der Waals surface area contributed by atoms with Crippen molar-refractivity contribution in [2.45, 2.75) is 26.3 Å². The molecule has 4 aromatic rings. The maximum absolute atomic E-state index is 13.9. The van der Waals surface area contributed by atoms with E-state index in [9.17, 15) is 29.5 Å². The van der Waals surface area contributed by atoms with Gasteiger partial charge in [-0.1, -0.05) is 41.9 Å². The van der Waals surface area contributed by atoms with Crippen LogP contribution in [-0.2, 0) is 20.7 Å². The molecule has 1 atom stereocenters. The molecule has 0 aliphatic heterocycles. The second-order valence-corrected chi connectivity index (χ2v) is 11.7. The van der Waals surface area contributed by atoms with Crippen LogP contribution in [0.4, 0.5) is 5.69 Å². The third-order valence-corrected chi connectivity index (χ3v) is 8.17. The number of methoxy groups -OCH3 is 1. The summed E-state index contributed by atoms with van der Waals surface area (Å²) in [7, 11) is 3.10. The molecule has 9 nitrogen and oxygen atoms in total. The fourth-order valence-electron chi connectivity index (χ4n) is 5.37. The van der Waals surface area contributed by atoms with Crippen LogP contribution in [0.3, 0.4) is 0 Å². The van der Waals surface area contributed by atoms with E-state index < -0.39 is 17.9 Å². The van der Waals surface area contributed by atoms with Crippen LogP contribution in [-0.4, -0.2) is 54.2 Å². The van der Waals surface area contributed by atoms with E-state index in [1.165, 1.54) is 44.4 Å². The predicted octanol–water partition coefficient (Wildman–Crippen LogP) is 7.34. The van der Waals surface area contributed by atoms with E-state index >= 15 is 0 Å². The molecule has 0 bridgehead atoms. The fourth-order valence-corrected chi connectivity index (χ4v) is 5.54. The van der Waals surface area contributed by atoms with Gasteiger partial charge >= 0.3 is 5.97 Å². The van der Waals surface area contributed by atoms with E-state index in [1.54, 1.807) is 42.4 Å². The number of nitrogens with zero attached hydrogens (tertiary/aromatic N) is 2. The normalized spacial score (nSPS) is 12.0. The monoisotopic (exact) mass is 675 g/mol. The van der Waals surface area contributed by atoms with Gasteiger partial charge in [-0.3, -0.25) is 14.4 Å². The zero-order valence-electron chi connectivity index (χ0n) is 27.4. The number of aryl methyl sites for hydroxylation is 1. The smallest absolute Gasteiger partial charge is 0.335 e. The molecule has 0 saturated carbocycles. The number of amides is 1. The van der Waals surface area contributed by atoms with Gasteiger partial charge in [-0.05, 0) is 102 Å². The molecule has 0 aliphatic carbocycles. The number of nitrogens with one attached hydrogen (secondary N) is 1. The SMILES string of the molecule is COC(=C/N(C)C(Cc1ccc(-c2ccc(C#N)cc2C)cc1)C(=O)Nc1ccc(C(=O)O)cc1)/C(=C\C=O)c1cc(Cl)ccc1C(C)=O. The minimum atomic E-state index is -1.08. The summed E-state index contributed by atoms with van der Waals surface area (Å²) in [6.45, 7) is 3.35. The van der Waals surface area contributed by atoms with Crippen LogP contribution in [0.15, 0.2) is 103 Å². The van der Waals surface area contributed by atoms with Crippen molar-refractivity contribution in [2.24, 2.45) is 0 Å². The first-order valence-corrected chi connectivity index (χ1v) is 15.5. The maximum Gasteiger partial charge on any atom is 0.335 e. The molecule has 1 amide bonds. The molecule has 4 rings (SSSR count). The molecule has 0 fully saturated rings. The van der Waals surface area contributed by atoms with Crippen molar-refractivity contribution >= 4 is 46.8 Å². The number of Topliss-reactive ketones (excluding diaryl/α,β-unsaturated/α-hetero) is 1. The number of aromatic carboxylic acids is 1. The molecule has 248 valence electrons. The number of carboxylic acid groups (broad SMARTS) is 1. The fraction of sp³-hybridized carbons (Fsp3) is 0.154. The summed E-state index contributed by atoms with van der Waals surface area (Å²) in [5.74, 6) is -1.51. The molecular formula is C39H34ClN3O6.